The van der Waals surface area contributed by atoms with Crippen LogP contribution in [0.25, 0.3) is 0 Å². The lowest BCUT2D eigenvalue weighted by atomic mass is 10.0. The molecule has 1 aliphatic rings. The molecule has 1 heterocycles. The zero-order valence-corrected chi connectivity index (χ0v) is 17.5. The number of carbonyl (C=O) groups excluding carboxylic acids is 1. The van der Waals surface area contributed by atoms with Crippen molar-refractivity contribution in [1.82, 2.24) is 4.90 Å². The summed E-state index contributed by atoms with van der Waals surface area (Å²) in [6.45, 7) is 6.27. The molecule has 1 saturated heterocycles. The first-order chi connectivity index (χ1) is 14.0. The molecule has 1 amide bonds. The summed E-state index contributed by atoms with van der Waals surface area (Å²) >= 11 is 0. The molecule has 0 spiro atoms. The van der Waals surface area contributed by atoms with Gasteiger partial charge in [-0.05, 0) is 37.0 Å². The molecule has 1 N–H and O–H groups in total. The molecule has 0 atom stereocenters. The van der Waals surface area contributed by atoms with Gasteiger partial charge in [0.25, 0.3) is 5.97 Å². The number of carbonyl (C=O) groups is 2. The maximum atomic E-state index is 12.5. The number of para-hydroxylation sites is 1. The number of rotatable bonds is 6. The summed E-state index contributed by atoms with van der Waals surface area (Å²) < 4.78 is 0. The molecule has 3 rings (SSSR count). The van der Waals surface area contributed by atoms with Crippen molar-refractivity contribution in [3.8, 4) is 0 Å². The van der Waals surface area contributed by atoms with Gasteiger partial charge in [-0.1, -0.05) is 55.5 Å². The van der Waals surface area contributed by atoms with Gasteiger partial charge in [0.05, 0.1) is 0 Å². The number of likely N-dealkylation sites (tertiary alicyclic amines) is 1. The zero-order chi connectivity index (χ0) is 21.1. The lowest BCUT2D eigenvalue weighted by molar-refractivity contribution is -0.134. The Morgan fingerprint density at radius 2 is 1.52 bits per heavy atom. The number of anilines is 1. The second-order valence-corrected chi connectivity index (χ2v) is 7.28. The van der Waals surface area contributed by atoms with E-state index in [0.29, 0.717) is 12.5 Å². The quantitative estimate of drug-likeness (QED) is 0.794. The number of hydrogen-bond donors (Lipinski definition) is 1. The van der Waals surface area contributed by atoms with Crippen LogP contribution in [0.1, 0.15) is 38.7 Å². The van der Waals surface area contributed by atoms with Crippen molar-refractivity contribution in [2.75, 3.05) is 24.5 Å². The summed E-state index contributed by atoms with van der Waals surface area (Å²) in [6.07, 6.45) is 3.76. The van der Waals surface area contributed by atoms with Crippen LogP contribution in [-0.2, 0) is 16.0 Å². The van der Waals surface area contributed by atoms with E-state index < -0.39 is 5.97 Å². The summed E-state index contributed by atoms with van der Waals surface area (Å²) in [5.41, 5.74) is 2.44. The molecule has 156 valence electrons. The Bertz CT molecular complexity index is 737. The van der Waals surface area contributed by atoms with Crippen LogP contribution < -0.4 is 4.90 Å². The molecule has 0 radical (unpaired) electrons. The van der Waals surface area contributed by atoms with Crippen LogP contribution >= 0.6 is 0 Å². The molecule has 0 saturated carbocycles. The molecule has 0 aliphatic carbocycles. The number of nitrogens with zero attached hydrogens (tertiary/aromatic N) is 2. The first-order valence-electron chi connectivity index (χ1n) is 10.3. The molecular weight excluding hydrogens is 364 g/mol. The first kappa shape index (κ1) is 22.6. The van der Waals surface area contributed by atoms with Crippen LogP contribution in [0.2, 0.25) is 0 Å². The number of hydrogen-bond acceptors (Lipinski definition) is 3. The number of benzene rings is 2. The van der Waals surface area contributed by atoms with Gasteiger partial charge in [-0.15, -0.1) is 0 Å². The van der Waals surface area contributed by atoms with Crippen LogP contribution in [0, 0.1) is 0 Å². The van der Waals surface area contributed by atoms with E-state index in [1.54, 1.807) is 0 Å². The Balaban J connectivity index is 0.000000687. The van der Waals surface area contributed by atoms with Crippen molar-refractivity contribution in [1.29, 1.82) is 0 Å². The van der Waals surface area contributed by atoms with Crippen LogP contribution in [-0.4, -0.2) is 47.6 Å². The number of piperidine rings is 1. The Morgan fingerprint density at radius 1 is 1.00 bits per heavy atom. The predicted octanol–water partition coefficient (Wildman–Crippen LogP) is 4.23. The second-order valence-electron chi connectivity index (χ2n) is 7.28. The highest BCUT2D eigenvalue weighted by Gasteiger charge is 2.28. The van der Waals surface area contributed by atoms with Crippen LogP contribution in [0.15, 0.2) is 60.7 Å². The Labute approximate surface area is 174 Å². The topological polar surface area (TPSA) is 60.9 Å². The molecular formula is C24H32N2O3. The van der Waals surface area contributed by atoms with Gasteiger partial charge in [-0.2, -0.15) is 0 Å². The molecule has 2 aromatic carbocycles. The fourth-order valence-corrected chi connectivity index (χ4v) is 3.65. The summed E-state index contributed by atoms with van der Waals surface area (Å²) in [7, 11) is 0. The van der Waals surface area contributed by atoms with E-state index in [4.69, 9.17) is 9.90 Å². The summed E-state index contributed by atoms with van der Waals surface area (Å²) in [5.74, 6) is -0.603. The average Bonchev–Trinajstić information content (AvgIpc) is 2.74. The predicted molar refractivity (Wildman–Crippen MR) is 117 cm³/mol. The molecule has 5 heteroatoms. The van der Waals surface area contributed by atoms with Gasteiger partial charge in [0.1, 0.15) is 0 Å². The maximum absolute atomic E-state index is 12.5. The minimum atomic E-state index is -0.833. The fourth-order valence-electron chi connectivity index (χ4n) is 3.65. The van der Waals surface area contributed by atoms with Gasteiger partial charge in [0.15, 0.2) is 0 Å². The lowest BCUT2D eigenvalue weighted by Gasteiger charge is -2.38. The van der Waals surface area contributed by atoms with E-state index in [9.17, 15) is 4.79 Å². The number of amides is 1. The normalized spacial score (nSPS) is 14.6. The Hall–Kier alpha value is -2.66. The van der Waals surface area contributed by atoms with Crippen molar-refractivity contribution in [2.24, 2.45) is 0 Å². The van der Waals surface area contributed by atoms with Gasteiger partial charge in [-0.25, -0.2) is 0 Å². The van der Waals surface area contributed by atoms with Crippen molar-refractivity contribution < 1.29 is 14.7 Å². The number of carboxylic acid groups (broad SMARTS) is 1. The standard InChI is InChI=1S/C22H28N2O.C2H4O2/c1-2-22(25)24(20-11-7-4-8-12-20)21-14-17-23(18-15-21)16-13-19-9-5-3-6-10-19;1-2(3)4/h3-12,21H,2,13-18H2,1H3;1H3,(H,3,4). The van der Waals surface area contributed by atoms with E-state index in [-0.39, 0.29) is 5.91 Å². The number of carboxylic acids is 1. The van der Waals surface area contributed by atoms with Crippen molar-refractivity contribution >= 4 is 17.6 Å². The fraction of sp³-hybridized carbons (Fsp3) is 0.417. The molecule has 1 fully saturated rings. The third-order valence-corrected chi connectivity index (χ3v) is 5.09. The minimum Gasteiger partial charge on any atom is -0.481 e. The van der Waals surface area contributed by atoms with Crippen molar-refractivity contribution in [2.45, 2.75) is 45.6 Å². The highest BCUT2D eigenvalue weighted by Crippen LogP contribution is 2.24. The molecule has 1 aliphatic heterocycles. The third kappa shape index (κ3) is 7.70. The largest absolute Gasteiger partial charge is 0.481 e. The monoisotopic (exact) mass is 396 g/mol. The third-order valence-electron chi connectivity index (χ3n) is 5.09. The smallest absolute Gasteiger partial charge is 0.300 e. The highest BCUT2D eigenvalue weighted by molar-refractivity contribution is 5.93. The summed E-state index contributed by atoms with van der Waals surface area (Å²) in [6, 6.07) is 21.1. The molecule has 2 aromatic rings. The summed E-state index contributed by atoms with van der Waals surface area (Å²) in [5, 5.41) is 7.42. The molecule has 0 unspecified atom stereocenters. The van der Waals surface area contributed by atoms with E-state index in [1.807, 2.05) is 30.0 Å². The molecule has 29 heavy (non-hydrogen) atoms. The van der Waals surface area contributed by atoms with E-state index in [2.05, 4.69) is 47.4 Å². The molecule has 0 aromatic heterocycles. The van der Waals surface area contributed by atoms with Gasteiger partial charge >= 0.3 is 0 Å². The summed E-state index contributed by atoms with van der Waals surface area (Å²) in [4.78, 5) is 26.1. The van der Waals surface area contributed by atoms with Crippen LogP contribution in [0.5, 0.6) is 0 Å². The highest BCUT2D eigenvalue weighted by atomic mass is 16.4. The van der Waals surface area contributed by atoms with Gasteiger partial charge in [0, 0.05) is 44.7 Å². The van der Waals surface area contributed by atoms with E-state index in [0.717, 1.165) is 51.5 Å². The number of aliphatic carboxylic acids is 1. The molecule has 0 bridgehead atoms. The Morgan fingerprint density at radius 3 is 2.03 bits per heavy atom. The van der Waals surface area contributed by atoms with Crippen LogP contribution in [0.4, 0.5) is 5.69 Å². The SMILES string of the molecule is CC(=O)O.CCC(=O)N(c1ccccc1)C1CCN(CCc2ccccc2)CC1. The first-order valence-corrected chi connectivity index (χ1v) is 10.3. The van der Waals surface area contributed by atoms with Crippen molar-refractivity contribution in [3.05, 3.63) is 66.2 Å². The van der Waals surface area contributed by atoms with E-state index in [1.165, 1.54) is 5.56 Å². The van der Waals surface area contributed by atoms with Gasteiger partial charge in [-0.3, -0.25) is 9.59 Å². The van der Waals surface area contributed by atoms with Gasteiger partial charge in [0.2, 0.25) is 5.91 Å². The second kappa shape index (κ2) is 12.0. The average molecular weight is 397 g/mol. The maximum Gasteiger partial charge on any atom is 0.300 e. The molecule has 5 nitrogen and oxygen atoms in total. The zero-order valence-electron chi connectivity index (χ0n) is 17.5. The van der Waals surface area contributed by atoms with Gasteiger partial charge < -0.3 is 14.9 Å². The minimum absolute atomic E-state index is 0.230. The van der Waals surface area contributed by atoms with Crippen molar-refractivity contribution in [3.63, 3.8) is 0 Å². The van der Waals surface area contributed by atoms with Crippen LogP contribution in [0.3, 0.4) is 0 Å². The Kier molecular flexibility index (Phi) is 9.38. The lowest BCUT2D eigenvalue weighted by Crippen LogP contribution is -2.47. The van der Waals surface area contributed by atoms with E-state index >= 15 is 0 Å².